The van der Waals surface area contributed by atoms with E-state index in [1.807, 2.05) is 0 Å². The third-order valence-corrected chi connectivity index (χ3v) is 4.77. The van der Waals surface area contributed by atoms with Crippen LogP contribution in [0.15, 0.2) is 30.5 Å². The molecule has 1 fully saturated rings. The van der Waals surface area contributed by atoms with Gasteiger partial charge in [-0.15, -0.1) is 11.8 Å². The molecule has 3 rings (SSSR count). The summed E-state index contributed by atoms with van der Waals surface area (Å²) in [4.78, 5) is 7.14. The fourth-order valence-corrected chi connectivity index (χ4v) is 3.35. The summed E-state index contributed by atoms with van der Waals surface area (Å²) in [6.45, 7) is 0. The molecule has 0 spiro atoms. The zero-order valence-electron chi connectivity index (χ0n) is 12.2. The van der Waals surface area contributed by atoms with Gasteiger partial charge in [-0.3, -0.25) is 0 Å². The number of rotatable bonds is 3. The molecule has 9 heteroatoms. The lowest BCUT2D eigenvalue weighted by atomic mass is 10.1. The summed E-state index contributed by atoms with van der Waals surface area (Å²) in [7, 11) is 0. The lowest BCUT2D eigenvalue weighted by molar-refractivity contribution is -0.0790. The lowest BCUT2D eigenvalue weighted by Crippen LogP contribution is -2.50. The van der Waals surface area contributed by atoms with Gasteiger partial charge in [0.1, 0.15) is 12.2 Å². The monoisotopic (exact) mass is 356 g/mol. The Morgan fingerprint density at radius 2 is 1.92 bits per heavy atom. The summed E-state index contributed by atoms with van der Waals surface area (Å²) in [6, 6.07) is 5.36. The summed E-state index contributed by atoms with van der Waals surface area (Å²) in [5, 5.41) is 29.0. The normalized spacial score (nSPS) is 27.0. The van der Waals surface area contributed by atoms with Crippen LogP contribution in [0.3, 0.4) is 0 Å². The van der Waals surface area contributed by atoms with Crippen molar-refractivity contribution in [3.63, 3.8) is 0 Å². The summed E-state index contributed by atoms with van der Waals surface area (Å²) in [5.74, 6) is -1.71. The first-order chi connectivity index (χ1) is 11.5. The second-order valence-corrected chi connectivity index (χ2v) is 6.35. The number of nitrogens with zero attached hydrogens (tertiary/aromatic N) is 2. The molecule has 0 aromatic carbocycles. The minimum atomic E-state index is -1.37. The Morgan fingerprint density at radius 1 is 1.12 bits per heavy atom. The Hall–Kier alpha value is -1.81. The summed E-state index contributed by atoms with van der Waals surface area (Å²) >= 11 is 1.05. The van der Waals surface area contributed by atoms with Gasteiger partial charge in [0.2, 0.25) is 5.95 Å². The number of hydrogen-bond donors (Lipinski definition) is 3. The maximum atomic E-state index is 14.1. The van der Waals surface area contributed by atoms with E-state index in [9.17, 15) is 24.1 Å². The average molecular weight is 356 g/mol. The molecule has 24 heavy (non-hydrogen) atoms. The number of aromatic nitrogens is 2. The van der Waals surface area contributed by atoms with E-state index in [1.54, 1.807) is 0 Å². The van der Waals surface area contributed by atoms with Crippen LogP contribution in [0.25, 0.3) is 11.3 Å². The van der Waals surface area contributed by atoms with Crippen molar-refractivity contribution in [2.24, 2.45) is 0 Å². The SMILES string of the molecule is O[C@@H]1[C@@H](O)[C@@H](Oc2ccc(-c3ccnc(F)c3)nc2F)SC[C@H]1O. The van der Waals surface area contributed by atoms with Crippen LogP contribution in [-0.2, 0) is 0 Å². The molecule has 0 aliphatic carbocycles. The molecule has 0 amide bonds. The molecular weight excluding hydrogens is 342 g/mol. The molecule has 1 aliphatic rings. The molecule has 6 nitrogen and oxygen atoms in total. The molecule has 2 aromatic rings. The van der Waals surface area contributed by atoms with E-state index in [0.29, 0.717) is 5.56 Å². The molecule has 1 aliphatic heterocycles. The van der Waals surface area contributed by atoms with Crippen molar-refractivity contribution in [1.29, 1.82) is 0 Å². The quantitative estimate of drug-likeness (QED) is 0.705. The van der Waals surface area contributed by atoms with Crippen molar-refractivity contribution in [3.05, 3.63) is 42.4 Å². The van der Waals surface area contributed by atoms with E-state index in [4.69, 9.17) is 4.74 Å². The third kappa shape index (κ3) is 3.48. The van der Waals surface area contributed by atoms with Crippen LogP contribution in [0, 0.1) is 11.9 Å². The fraction of sp³-hybridized carbons (Fsp3) is 0.333. The topological polar surface area (TPSA) is 95.7 Å². The number of halogens is 2. The van der Waals surface area contributed by atoms with Crippen molar-refractivity contribution in [2.45, 2.75) is 23.7 Å². The number of thioether (sulfide) groups is 1. The number of ether oxygens (including phenoxy) is 1. The van der Waals surface area contributed by atoms with E-state index in [0.717, 1.165) is 17.8 Å². The highest BCUT2D eigenvalue weighted by atomic mass is 32.2. The second kappa shape index (κ2) is 6.98. The lowest BCUT2D eigenvalue weighted by Gasteiger charge is -2.34. The van der Waals surface area contributed by atoms with Crippen LogP contribution < -0.4 is 4.74 Å². The highest BCUT2D eigenvalue weighted by Crippen LogP contribution is 2.31. The maximum absolute atomic E-state index is 14.1. The zero-order chi connectivity index (χ0) is 17.3. The van der Waals surface area contributed by atoms with E-state index in [1.165, 1.54) is 24.4 Å². The molecule has 128 valence electrons. The number of aliphatic hydroxyl groups excluding tert-OH is 3. The van der Waals surface area contributed by atoms with Crippen molar-refractivity contribution in [2.75, 3.05) is 5.75 Å². The van der Waals surface area contributed by atoms with Gasteiger partial charge in [0.25, 0.3) is 5.95 Å². The predicted octanol–water partition coefficient (Wildman–Crippen LogP) is 0.956. The van der Waals surface area contributed by atoms with Crippen molar-refractivity contribution < 1.29 is 28.8 Å². The molecule has 1 saturated heterocycles. The van der Waals surface area contributed by atoms with Crippen molar-refractivity contribution in [1.82, 2.24) is 9.97 Å². The molecule has 0 bridgehead atoms. The van der Waals surface area contributed by atoms with Crippen LogP contribution in [0.2, 0.25) is 0 Å². The summed E-state index contributed by atoms with van der Waals surface area (Å²) in [5.41, 5.74) is -0.379. The van der Waals surface area contributed by atoms with E-state index in [-0.39, 0.29) is 17.2 Å². The van der Waals surface area contributed by atoms with Gasteiger partial charge in [-0.1, -0.05) is 0 Å². The fourth-order valence-electron chi connectivity index (χ4n) is 2.24. The van der Waals surface area contributed by atoms with Gasteiger partial charge in [0.05, 0.1) is 11.8 Å². The van der Waals surface area contributed by atoms with Gasteiger partial charge in [0, 0.05) is 23.6 Å². The van der Waals surface area contributed by atoms with Gasteiger partial charge >= 0.3 is 0 Å². The molecule has 2 aromatic heterocycles. The van der Waals surface area contributed by atoms with E-state index < -0.39 is 35.6 Å². The van der Waals surface area contributed by atoms with Gasteiger partial charge in [0.15, 0.2) is 11.2 Å². The molecule has 0 radical (unpaired) electrons. The average Bonchev–Trinajstić information content (AvgIpc) is 2.57. The van der Waals surface area contributed by atoms with Crippen LogP contribution in [0.1, 0.15) is 0 Å². The van der Waals surface area contributed by atoms with Gasteiger partial charge in [-0.2, -0.15) is 8.78 Å². The molecule has 3 heterocycles. The van der Waals surface area contributed by atoms with Crippen LogP contribution in [0.5, 0.6) is 5.75 Å². The first-order valence-electron chi connectivity index (χ1n) is 7.06. The Morgan fingerprint density at radius 3 is 2.62 bits per heavy atom. The minimum absolute atomic E-state index is 0.145. The molecule has 0 saturated carbocycles. The van der Waals surface area contributed by atoms with Crippen molar-refractivity contribution in [3.8, 4) is 17.0 Å². The summed E-state index contributed by atoms with van der Waals surface area (Å²) in [6.07, 6.45) is -2.56. The highest BCUT2D eigenvalue weighted by Gasteiger charge is 2.39. The molecule has 3 N–H and O–H groups in total. The van der Waals surface area contributed by atoms with Crippen LogP contribution >= 0.6 is 11.8 Å². The van der Waals surface area contributed by atoms with E-state index in [2.05, 4.69) is 9.97 Å². The minimum Gasteiger partial charge on any atom is -0.472 e. The Balaban J connectivity index is 1.78. The molecule has 0 unspecified atom stereocenters. The summed E-state index contributed by atoms with van der Waals surface area (Å²) < 4.78 is 32.6. The highest BCUT2D eigenvalue weighted by molar-refractivity contribution is 7.99. The largest absolute Gasteiger partial charge is 0.472 e. The zero-order valence-corrected chi connectivity index (χ0v) is 13.0. The van der Waals surface area contributed by atoms with Gasteiger partial charge < -0.3 is 20.1 Å². The Bertz CT molecular complexity index is 736. The van der Waals surface area contributed by atoms with Gasteiger partial charge in [-0.25, -0.2) is 9.97 Å². The first kappa shape index (κ1) is 17.0. The Labute approximate surface area is 140 Å². The molecular formula is C15H14F2N2O4S. The second-order valence-electron chi connectivity index (χ2n) is 5.22. The van der Waals surface area contributed by atoms with Crippen molar-refractivity contribution >= 4 is 11.8 Å². The van der Waals surface area contributed by atoms with Crippen LogP contribution in [0.4, 0.5) is 8.78 Å². The standard InChI is InChI=1S/C15H14F2N2O4S/c16-11-5-7(3-4-18-11)8-1-2-10(14(17)19-8)23-15-13(22)12(21)9(20)6-24-15/h1-5,9,12-13,15,20-22H,6H2/t9-,12+,13-,15+/m1/s1. The molecule has 4 atom stereocenters. The Kier molecular flexibility index (Phi) is 4.95. The maximum Gasteiger partial charge on any atom is 0.255 e. The number of hydrogen-bond acceptors (Lipinski definition) is 7. The smallest absolute Gasteiger partial charge is 0.255 e. The van der Waals surface area contributed by atoms with E-state index >= 15 is 0 Å². The first-order valence-corrected chi connectivity index (χ1v) is 8.11. The predicted molar refractivity (Wildman–Crippen MR) is 82.3 cm³/mol. The third-order valence-electron chi connectivity index (χ3n) is 3.53. The number of pyridine rings is 2. The van der Waals surface area contributed by atoms with Crippen LogP contribution in [-0.4, -0.2) is 54.8 Å². The number of aliphatic hydroxyl groups is 3. The van der Waals surface area contributed by atoms with Gasteiger partial charge in [-0.05, 0) is 18.2 Å².